The molecule has 0 radical (unpaired) electrons. The molecule has 0 spiro atoms. The van der Waals surface area contributed by atoms with Crippen LogP contribution in [0.3, 0.4) is 0 Å². The highest BCUT2D eigenvalue weighted by Gasteiger charge is 2.32. The van der Waals surface area contributed by atoms with Crippen LogP contribution in [0.5, 0.6) is 0 Å². The number of alkyl halides is 3. The molecule has 0 aliphatic heterocycles. The number of nitrogens with zero attached hydrogens (tertiary/aromatic N) is 3. The van der Waals surface area contributed by atoms with E-state index in [0.29, 0.717) is 5.82 Å². The van der Waals surface area contributed by atoms with Gasteiger partial charge in [0, 0.05) is 18.7 Å². The largest absolute Gasteiger partial charge is 0.417 e. The summed E-state index contributed by atoms with van der Waals surface area (Å²) in [5.41, 5.74) is 4.83. The van der Waals surface area contributed by atoms with Gasteiger partial charge in [-0.15, -0.1) is 10.2 Å². The molecule has 2 aromatic rings. The average molecular weight is 279 g/mol. The third-order valence-corrected chi connectivity index (χ3v) is 2.89. The third kappa shape index (κ3) is 2.15. The molecule has 0 bridgehead atoms. The Bertz CT molecular complexity index is 578. The summed E-state index contributed by atoms with van der Waals surface area (Å²) in [4.78, 5) is 0. The van der Waals surface area contributed by atoms with Gasteiger partial charge in [-0.25, -0.2) is 0 Å². The monoisotopic (exact) mass is 278 g/mol. The lowest BCUT2D eigenvalue weighted by atomic mass is 10.1. The Kier molecular flexibility index (Phi) is 3.20. The van der Waals surface area contributed by atoms with Crippen LogP contribution in [-0.4, -0.2) is 21.1 Å². The van der Waals surface area contributed by atoms with Crippen molar-refractivity contribution in [3.8, 4) is 0 Å². The third-order valence-electron chi connectivity index (χ3n) is 2.61. The normalized spacial score (nSPS) is 14.1. The predicted molar refractivity (Wildman–Crippen MR) is 60.5 cm³/mol. The van der Waals surface area contributed by atoms with E-state index in [4.69, 9.17) is 17.3 Å². The zero-order valence-electron chi connectivity index (χ0n) is 9.37. The maximum Gasteiger partial charge on any atom is 0.417 e. The van der Waals surface area contributed by atoms with Crippen molar-refractivity contribution in [3.63, 3.8) is 0 Å². The van der Waals surface area contributed by atoms with Crippen LogP contribution in [0, 0.1) is 0 Å². The Hall–Kier alpha value is -1.34. The molecule has 0 aliphatic carbocycles. The summed E-state index contributed by atoms with van der Waals surface area (Å²) in [6, 6.07) is 0.836. The van der Waals surface area contributed by atoms with Gasteiger partial charge in [0.15, 0.2) is 5.65 Å². The molecule has 2 aromatic heterocycles. The van der Waals surface area contributed by atoms with E-state index in [9.17, 15) is 13.2 Å². The van der Waals surface area contributed by atoms with Gasteiger partial charge in [0.1, 0.15) is 5.82 Å². The van der Waals surface area contributed by atoms with Crippen LogP contribution in [0.15, 0.2) is 12.3 Å². The van der Waals surface area contributed by atoms with Gasteiger partial charge in [-0.3, -0.25) is 4.40 Å². The second-order valence-electron chi connectivity index (χ2n) is 3.96. The summed E-state index contributed by atoms with van der Waals surface area (Å²) in [6.45, 7) is 2.01. The van der Waals surface area contributed by atoms with E-state index in [1.807, 2.05) is 0 Å². The molecular weight excluding hydrogens is 269 g/mol. The fraction of sp³-hybridized carbons (Fsp3) is 0.400. The zero-order chi connectivity index (χ0) is 13.5. The van der Waals surface area contributed by atoms with E-state index < -0.39 is 11.7 Å². The van der Waals surface area contributed by atoms with Gasteiger partial charge in [0.25, 0.3) is 0 Å². The van der Waals surface area contributed by atoms with Crippen LogP contribution in [0.1, 0.15) is 24.2 Å². The number of pyridine rings is 1. The zero-order valence-corrected chi connectivity index (χ0v) is 10.1. The Morgan fingerprint density at radius 1 is 1.44 bits per heavy atom. The highest BCUT2D eigenvalue weighted by molar-refractivity contribution is 6.33. The molecule has 0 saturated heterocycles. The molecule has 1 atom stereocenters. The highest BCUT2D eigenvalue weighted by atomic mass is 35.5. The lowest BCUT2D eigenvalue weighted by Crippen LogP contribution is -2.13. The first-order valence-corrected chi connectivity index (χ1v) is 5.54. The van der Waals surface area contributed by atoms with E-state index in [1.165, 1.54) is 4.40 Å². The molecule has 2 heterocycles. The van der Waals surface area contributed by atoms with Crippen LogP contribution in [-0.2, 0) is 6.18 Å². The topological polar surface area (TPSA) is 56.2 Å². The lowest BCUT2D eigenvalue weighted by Gasteiger charge is -2.10. The first-order chi connectivity index (χ1) is 8.34. The fourth-order valence-corrected chi connectivity index (χ4v) is 1.81. The van der Waals surface area contributed by atoms with E-state index in [-0.39, 0.29) is 23.1 Å². The molecular formula is C10H10ClF3N4. The highest BCUT2D eigenvalue weighted by Crippen LogP contribution is 2.32. The Labute approximate surface area is 106 Å². The quantitative estimate of drug-likeness (QED) is 0.918. The second kappa shape index (κ2) is 4.40. The summed E-state index contributed by atoms with van der Waals surface area (Å²) >= 11 is 5.77. The number of halogens is 4. The van der Waals surface area contributed by atoms with Gasteiger partial charge in [0.2, 0.25) is 0 Å². The van der Waals surface area contributed by atoms with Crippen LogP contribution in [0.4, 0.5) is 13.2 Å². The van der Waals surface area contributed by atoms with Crippen molar-refractivity contribution < 1.29 is 13.2 Å². The second-order valence-corrected chi connectivity index (χ2v) is 4.37. The maximum atomic E-state index is 12.7. The van der Waals surface area contributed by atoms with Crippen molar-refractivity contribution >= 4 is 17.2 Å². The van der Waals surface area contributed by atoms with E-state index in [0.717, 1.165) is 12.3 Å². The molecule has 0 amide bonds. The van der Waals surface area contributed by atoms with Gasteiger partial charge in [-0.2, -0.15) is 13.2 Å². The molecule has 0 aromatic carbocycles. The molecule has 0 aliphatic rings. The Morgan fingerprint density at radius 2 is 2.11 bits per heavy atom. The van der Waals surface area contributed by atoms with E-state index in [1.54, 1.807) is 6.92 Å². The fourth-order valence-electron chi connectivity index (χ4n) is 1.57. The van der Waals surface area contributed by atoms with Crippen molar-refractivity contribution in [1.82, 2.24) is 14.6 Å². The van der Waals surface area contributed by atoms with Gasteiger partial charge in [-0.1, -0.05) is 18.5 Å². The summed E-state index contributed by atoms with van der Waals surface area (Å²) < 4.78 is 39.3. The molecule has 0 saturated carbocycles. The molecule has 2 N–H and O–H groups in total. The van der Waals surface area contributed by atoms with Crippen molar-refractivity contribution in [2.75, 3.05) is 6.54 Å². The number of hydrogen-bond acceptors (Lipinski definition) is 3. The van der Waals surface area contributed by atoms with Gasteiger partial charge in [-0.05, 0) is 6.07 Å². The van der Waals surface area contributed by atoms with Crippen LogP contribution >= 0.6 is 11.6 Å². The molecule has 1 unspecified atom stereocenters. The Balaban J connectivity index is 2.68. The van der Waals surface area contributed by atoms with Crippen molar-refractivity contribution in [2.45, 2.75) is 19.0 Å². The predicted octanol–water partition coefficient (Wildman–Crippen LogP) is 2.46. The van der Waals surface area contributed by atoms with E-state index >= 15 is 0 Å². The van der Waals surface area contributed by atoms with Gasteiger partial charge < -0.3 is 5.73 Å². The average Bonchev–Trinajstić information content (AvgIpc) is 2.71. The maximum absolute atomic E-state index is 12.7. The van der Waals surface area contributed by atoms with Crippen LogP contribution in [0.2, 0.25) is 5.02 Å². The molecule has 0 fully saturated rings. The first-order valence-electron chi connectivity index (χ1n) is 5.16. The number of rotatable bonds is 2. The van der Waals surface area contributed by atoms with Crippen LogP contribution < -0.4 is 5.73 Å². The van der Waals surface area contributed by atoms with Crippen molar-refractivity contribution in [2.24, 2.45) is 5.73 Å². The van der Waals surface area contributed by atoms with Crippen molar-refractivity contribution in [1.29, 1.82) is 0 Å². The summed E-state index contributed by atoms with van der Waals surface area (Å²) in [5, 5.41) is 7.51. The Morgan fingerprint density at radius 3 is 2.67 bits per heavy atom. The van der Waals surface area contributed by atoms with Crippen molar-refractivity contribution in [3.05, 3.63) is 28.7 Å². The van der Waals surface area contributed by atoms with Crippen LogP contribution in [0.25, 0.3) is 5.65 Å². The molecule has 98 valence electrons. The minimum Gasteiger partial charge on any atom is -0.330 e. The summed E-state index contributed by atoms with van der Waals surface area (Å²) in [5.74, 6) is 0.153. The number of fused-ring (bicyclic) bond motifs is 1. The van der Waals surface area contributed by atoms with Gasteiger partial charge in [0.05, 0.1) is 10.6 Å². The number of aromatic nitrogens is 3. The molecule has 18 heavy (non-hydrogen) atoms. The summed E-state index contributed by atoms with van der Waals surface area (Å²) in [6.07, 6.45) is -3.53. The van der Waals surface area contributed by atoms with E-state index in [2.05, 4.69) is 10.2 Å². The smallest absolute Gasteiger partial charge is 0.330 e. The molecule has 8 heteroatoms. The minimum absolute atomic E-state index is 0.0900. The molecule has 4 nitrogen and oxygen atoms in total. The van der Waals surface area contributed by atoms with Gasteiger partial charge >= 0.3 is 6.18 Å². The number of nitrogens with two attached hydrogens (primary N) is 1. The first kappa shape index (κ1) is 13.1. The SMILES string of the molecule is CC(CN)c1nnc2c(Cl)cc(C(F)(F)F)cn12. The standard InChI is InChI=1S/C10H10ClF3N4/c1-5(3-15)8-16-17-9-7(11)2-6(4-18(8)9)10(12,13)14/h2,4-5H,3,15H2,1H3. The minimum atomic E-state index is -4.47. The lowest BCUT2D eigenvalue weighted by molar-refractivity contribution is -0.137. The molecule has 2 rings (SSSR count). The summed E-state index contributed by atoms with van der Waals surface area (Å²) in [7, 11) is 0. The number of hydrogen-bond donors (Lipinski definition) is 1.